The number of nitrogens with zero attached hydrogens (tertiary/aromatic N) is 1. The summed E-state index contributed by atoms with van der Waals surface area (Å²) in [5.41, 5.74) is 0.283. The molecule has 3 nitrogen and oxygen atoms in total. The van der Waals surface area contributed by atoms with Crippen molar-refractivity contribution in [2.45, 2.75) is 18.6 Å². The Morgan fingerprint density at radius 2 is 2.22 bits per heavy atom. The zero-order chi connectivity index (χ0) is 13.3. The Hall–Kier alpha value is -0.870. The van der Waals surface area contributed by atoms with Crippen LogP contribution in [-0.4, -0.2) is 39.5 Å². The number of hydrogen-bond donors (Lipinski definition) is 1. The van der Waals surface area contributed by atoms with E-state index in [4.69, 9.17) is 11.6 Å². The molecular formula is C13H16ClNO2S. The highest BCUT2D eigenvalue weighted by atomic mass is 35.5. The molecule has 0 saturated carbocycles. The van der Waals surface area contributed by atoms with Gasteiger partial charge in [-0.1, -0.05) is 11.6 Å². The van der Waals surface area contributed by atoms with E-state index >= 15 is 0 Å². The number of amides is 1. The molecule has 1 saturated heterocycles. The van der Waals surface area contributed by atoms with Crippen LogP contribution in [0, 0.1) is 0 Å². The SMILES string of the molecule is CC1(C)CN(C(=O)c2cc(Cl)ccc2O)CCS1. The van der Waals surface area contributed by atoms with Crippen LogP contribution < -0.4 is 0 Å². The smallest absolute Gasteiger partial charge is 0.257 e. The van der Waals surface area contributed by atoms with Gasteiger partial charge in [-0.15, -0.1) is 0 Å². The monoisotopic (exact) mass is 285 g/mol. The highest BCUT2D eigenvalue weighted by Crippen LogP contribution is 2.31. The van der Waals surface area contributed by atoms with Crippen molar-refractivity contribution in [3.05, 3.63) is 28.8 Å². The Bertz CT molecular complexity index is 476. The molecule has 1 aromatic rings. The number of carbonyl (C=O) groups is 1. The third-order valence-corrected chi connectivity index (χ3v) is 4.43. The number of thioether (sulfide) groups is 1. The molecule has 1 aliphatic rings. The van der Waals surface area contributed by atoms with E-state index in [0.29, 0.717) is 18.1 Å². The van der Waals surface area contributed by atoms with Crippen LogP contribution in [0.1, 0.15) is 24.2 Å². The Morgan fingerprint density at radius 1 is 1.50 bits per heavy atom. The molecule has 0 radical (unpaired) electrons. The topological polar surface area (TPSA) is 40.5 Å². The minimum Gasteiger partial charge on any atom is -0.507 e. The summed E-state index contributed by atoms with van der Waals surface area (Å²) in [5, 5.41) is 10.2. The van der Waals surface area contributed by atoms with Crippen LogP contribution in [0.3, 0.4) is 0 Å². The highest BCUT2D eigenvalue weighted by Gasteiger charge is 2.31. The lowest BCUT2D eigenvalue weighted by molar-refractivity contribution is 0.0745. The van der Waals surface area contributed by atoms with Gasteiger partial charge in [-0.3, -0.25) is 4.79 Å². The second kappa shape index (κ2) is 5.02. The van der Waals surface area contributed by atoms with Crippen LogP contribution in [0.4, 0.5) is 0 Å². The largest absolute Gasteiger partial charge is 0.507 e. The minimum absolute atomic E-state index is 0.0135. The van der Waals surface area contributed by atoms with E-state index in [1.807, 2.05) is 11.8 Å². The number of aromatic hydroxyl groups is 1. The molecule has 1 N–H and O–H groups in total. The number of hydrogen-bond acceptors (Lipinski definition) is 3. The predicted octanol–water partition coefficient (Wildman–Crippen LogP) is 3.01. The quantitative estimate of drug-likeness (QED) is 0.862. The number of phenols is 1. The molecule has 0 bridgehead atoms. The molecule has 1 aromatic carbocycles. The molecule has 1 fully saturated rings. The average molecular weight is 286 g/mol. The molecule has 98 valence electrons. The van der Waals surface area contributed by atoms with Gasteiger partial charge in [0.1, 0.15) is 5.75 Å². The zero-order valence-corrected chi connectivity index (χ0v) is 12.0. The number of benzene rings is 1. The molecule has 18 heavy (non-hydrogen) atoms. The summed E-state index contributed by atoms with van der Waals surface area (Å²) in [6.07, 6.45) is 0. The van der Waals surface area contributed by atoms with Gasteiger partial charge in [-0.25, -0.2) is 0 Å². The van der Waals surface area contributed by atoms with Crippen molar-refractivity contribution < 1.29 is 9.90 Å². The third kappa shape index (κ3) is 2.93. The minimum atomic E-state index is -0.150. The lowest BCUT2D eigenvalue weighted by Crippen LogP contribution is -2.46. The molecule has 0 atom stereocenters. The standard InChI is InChI=1S/C13H16ClNO2S/c1-13(2)8-15(5-6-18-13)12(17)10-7-9(14)3-4-11(10)16/h3-4,7,16H,5-6,8H2,1-2H3. The summed E-state index contributed by atoms with van der Waals surface area (Å²) in [4.78, 5) is 14.1. The van der Waals surface area contributed by atoms with E-state index in [0.717, 1.165) is 5.75 Å². The lowest BCUT2D eigenvalue weighted by atomic mass is 10.1. The van der Waals surface area contributed by atoms with Gasteiger partial charge in [-0.2, -0.15) is 11.8 Å². The average Bonchev–Trinajstić information content (AvgIpc) is 2.30. The normalized spacial score (nSPS) is 18.7. The van der Waals surface area contributed by atoms with Crippen molar-refractivity contribution in [1.29, 1.82) is 0 Å². The molecule has 0 aromatic heterocycles. The maximum atomic E-state index is 12.4. The van der Waals surface area contributed by atoms with Crippen LogP contribution in [-0.2, 0) is 0 Å². The maximum Gasteiger partial charge on any atom is 0.257 e. The van der Waals surface area contributed by atoms with Crippen molar-refractivity contribution in [3.8, 4) is 5.75 Å². The second-order valence-electron chi connectivity index (χ2n) is 5.00. The fourth-order valence-corrected chi connectivity index (χ4v) is 3.32. The molecule has 1 aliphatic heterocycles. The van der Waals surface area contributed by atoms with Crippen molar-refractivity contribution in [1.82, 2.24) is 4.90 Å². The van der Waals surface area contributed by atoms with E-state index in [9.17, 15) is 9.90 Å². The first-order chi connectivity index (χ1) is 8.39. The van der Waals surface area contributed by atoms with Crippen LogP contribution in [0.25, 0.3) is 0 Å². The molecule has 0 unspecified atom stereocenters. The number of phenolic OH excluding ortho intramolecular Hbond substituents is 1. The van der Waals surface area contributed by atoms with E-state index in [1.54, 1.807) is 11.0 Å². The summed E-state index contributed by atoms with van der Waals surface area (Å²) in [6.45, 7) is 5.63. The Kier molecular flexibility index (Phi) is 3.78. The first kappa shape index (κ1) is 13.6. The summed E-state index contributed by atoms with van der Waals surface area (Å²) >= 11 is 7.73. The lowest BCUT2D eigenvalue weighted by Gasteiger charge is -2.37. The summed E-state index contributed by atoms with van der Waals surface area (Å²) < 4.78 is 0.0576. The van der Waals surface area contributed by atoms with Gasteiger partial charge < -0.3 is 10.0 Å². The van der Waals surface area contributed by atoms with Crippen molar-refractivity contribution >= 4 is 29.3 Å². The molecule has 1 amide bonds. The molecular weight excluding hydrogens is 270 g/mol. The van der Waals surface area contributed by atoms with Crippen LogP contribution in [0.2, 0.25) is 5.02 Å². The zero-order valence-electron chi connectivity index (χ0n) is 10.4. The number of halogens is 1. The van der Waals surface area contributed by atoms with Gasteiger partial charge in [-0.05, 0) is 32.0 Å². The summed E-state index contributed by atoms with van der Waals surface area (Å²) in [6, 6.07) is 4.55. The van der Waals surface area contributed by atoms with Crippen molar-refractivity contribution in [3.63, 3.8) is 0 Å². The molecule has 0 aliphatic carbocycles. The van der Waals surface area contributed by atoms with E-state index in [2.05, 4.69) is 13.8 Å². The van der Waals surface area contributed by atoms with Crippen molar-refractivity contribution in [2.75, 3.05) is 18.8 Å². The maximum absolute atomic E-state index is 12.4. The first-order valence-corrected chi connectivity index (χ1v) is 7.17. The van der Waals surface area contributed by atoms with Gasteiger partial charge >= 0.3 is 0 Å². The highest BCUT2D eigenvalue weighted by molar-refractivity contribution is 8.00. The van der Waals surface area contributed by atoms with Crippen LogP contribution in [0.15, 0.2) is 18.2 Å². The van der Waals surface area contributed by atoms with Crippen LogP contribution >= 0.6 is 23.4 Å². The van der Waals surface area contributed by atoms with Gasteiger partial charge in [0.15, 0.2) is 0 Å². The Labute approximate surface area is 116 Å². The third-order valence-electron chi connectivity index (χ3n) is 2.90. The van der Waals surface area contributed by atoms with E-state index in [-0.39, 0.29) is 22.0 Å². The number of rotatable bonds is 1. The summed E-state index contributed by atoms with van der Waals surface area (Å²) in [7, 11) is 0. The fourth-order valence-electron chi connectivity index (χ4n) is 2.04. The first-order valence-electron chi connectivity index (χ1n) is 5.81. The fraction of sp³-hybridized carbons (Fsp3) is 0.462. The van der Waals surface area contributed by atoms with E-state index in [1.165, 1.54) is 12.1 Å². The van der Waals surface area contributed by atoms with Gasteiger partial charge in [0.25, 0.3) is 5.91 Å². The van der Waals surface area contributed by atoms with Crippen LogP contribution in [0.5, 0.6) is 5.75 Å². The Balaban J connectivity index is 2.23. The number of carbonyl (C=O) groups excluding carboxylic acids is 1. The van der Waals surface area contributed by atoms with Gasteiger partial charge in [0, 0.05) is 28.6 Å². The van der Waals surface area contributed by atoms with E-state index < -0.39 is 0 Å². The molecule has 2 rings (SSSR count). The molecule has 0 spiro atoms. The molecule has 5 heteroatoms. The van der Waals surface area contributed by atoms with Gasteiger partial charge in [0.2, 0.25) is 0 Å². The second-order valence-corrected chi connectivity index (χ2v) is 7.23. The predicted molar refractivity (Wildman–Crippen MR) is 75.6 cm³/mol. The van der Waals surface area contributed by atoms with Gasteiger partial charge in [0.05, 0.1) is 5.56 Å². The van der Waals surface area contributed by atoms with Crippen molar-refractivity contribution in [2.24, 2.45) is 0 Å². The molecule has 1 heterocycles. The summed E-state index contributed by atoms with van der Waals surface area (Å²) in [5.74, 6) is 0.754. The Morgan fingerprint density at radius 3 is 2.89 bits per heavy atom.